The third-order valence-electron chi connectivity index (χ3n) is 4.35. The molecule has 0 bridgehead atoms. The number of hydrogen-bond acceptors (Lipinski definition) is 7. The summed E-state index contributed by atoms with van der Waals surface area (Å²) in [7, 11) is 3.09. The van der Waals surface area contributed by atoms with Crippen molar-refractivity contribution in [1.82, 2.24) is 0 Å². The quantitative estimate of drug-likeness (QED) is 0.509. The number of rotatable bonds is 8. The minimum absolute atomic E-state index is 0.0361. The summed E-state index contributed by atoms with van der Waals surface area (Å²) < 4.78 is 26.5. The summed E-state index contributed by atoms with van der Waals surface area (Å²) in [5.74, 6) is 1.48. The Bertz CT molecular complexity index is 858. The normalized spacial score (nSPS) is 13.0. The van der Waals surface area contributed by atoms with E-state index in [-0.39, 0.29) is 19.0 Å². The highest BCUT2D eigenvalue weighted by molar-refractivity contribution is 5.97. The molecule has 0 aliphatic carbocycles. The first kappa shape index (κ1) is 19.5. The second-order valence-corrected chi connectivity index (χ2v) is 6.32. The lowest BCUT2D eigenvalue weighted by Crippen LogP contribution is -2.23. The summed E-state index contributed by atoms with van der Waals surface area (Å²) in [6.45, 7) is 1.41. The highest BCUT2D eigenvalue weighted by atomic mass is 16.7. The number of methoxy groups -OCH3 is 2. The zero-order chi connectivity index (χ0) is 20.1. The van der Waals surface area contributed by atoms with Gasteiger partial charge in [-0.15, -0.1) is 0 Å². The molecular formula is C21H22O7. The van der Waals surface area contributed by atoms with Gasteiger partial charge in [-0.2, -0.15) is 0 Å². The van der Waals surface area contributed by atoms with E-state index in [9.17, 15) is 9.59 Å². The fourth-order valence-corrected chi connectivity index (χ4v) is 3.03. The van der Waals surface area contributed by atoms with Crippen LogP contribution in [0.5, 0.6) is 23.0 Å². The highest BCUT2D eigenvalue weighted by Crippen LogP contribution is 2.42. The second-order valence-electron chi connectivity index (χ2n) is 6.32. The molecule has 7 nitrogen and oxygen atoms in total. The largest absolute Gasteiger partial charge is 0.497 e. The minimum Gasteiger partial charge on any atom is -0.497 e. The number of esters is 1. The Balaban J connectivity index is 1.76. The lowest BCUT2D eigenvalue weighted by molar-refractivity contribution is -0.146. The van der Waals surface area contributed by atoms with Gasteiger partial charge in [0.25, 0.3) is 0 Å². The molecule has 3 rings (SSSR count). The lowest BCUT2D eigenvalue weighted by atomic mass is 9.99. The molecule has 1 aliphatic heterocycles. The molecule has 0 amide bonds. The molecule has 148 valence electrons. The van der Waals surface area contributed by atoms with Crippen LogP contribution in [0.4, 0.5) is 0 Å². The third-order valence-corrected chi connectivity index (χ3v) is 4.35. The molecule has 0 aromatic heterocycles. The number of ketones is 1. The van der Waals surface area contributed by atoms with Crippen molar-refractivity contribution in [2.24, 2.45) is 0 Å². The van der Waals surface area contributed by atoms with Crippen LogP contribution >= 0.6 is 0 Å². The van der Waals surface area contributed by atoms with E-state index in [0.29, 0.717) is 29.2 Å². The molecule has 28 heavy (non-hydrogen) atoms. The van der Waals surface area contributed by atoms with Crippen molar-refractivity contribution in [2.75, 3.05) is 21.0 Å². The van der Waals surface area contributed by atoms with E-state index in [1.807, 2.05) is 24.3 Å². The van der Waals surface area contributed by atoms with Crippen LogP contribution in [0.1, 0.15) is 29.3 Å². The molecule has 0 saturated carbocycles. The van der Waals surface area contributed by atoms with E-state index < -0.39 is 12.1 Å². The number of fused-ring (bicyclic) bond motifs is 1. The van der Waals surface area contributed by atoms with Gasteiger partial charge < -0.3 is 23.7 Å². The second kappa shape index (κ2) is 8.65. The van der Waals surface area contributed by atoms with Crippen LogP contribution in [-0.2, 0) is 16.0 Å². The van der Waals surface area contributed by atoms with Crippen molar-refractivity contribution in [1.29, 1.82) is 0 Å². The molecule has 0 N–H and O–H groups in total. The molecular weight excluding hydrogens is 364 g/mol. The van der Waals surface area contributed by atoms with Crippen LogP contribution in [0, 0.1) is 0 Å². The molecule has 0 radical (unpaired) electrons. The number of carbonyl (C=O) groups excluding carboxylic acids is 2. The van der Waals surface area contributed by atoms with Crippen LogP contribution in [0.2, 0.25) is 0 Å². The van der Waals surface area contributed by atoms with Crippen LogP contribution in [0.15, 0.2) is 36.4 Å². The third kappa shape index (κ3) is 4.54. The molecule has 1 unspecified atom stereocenters. The first-order chi connectivity index (χ1) is 13.5. The standard InChI is InChI=1S/C21H22O7/c1-13(22)28-17(8-14-4-6-16(24-2)7-5-14)11-18(23)15-9-19(25-3)21-20(10-15)26-12-27-21/h4-7,9-10,17H,8,11-12H2,1-3H3. The summed E-state index contributed by atoms with van der Waals surface area (Å²) in [6.07, 6.45) is -0.138. The number of carbonyl (C=O) groups is 2. The molecule has 1 heterocycles. The average molecular weight is 386 g/mol. The Labute approximate surface area is 163 Å². The Kier molecular flexibility index (Phi) is 6.03. The van der Waals surface area contributed by atoms with Crippen LogP contribution in [0.3, 0.4) is 0 Å². The van der Waals surface area contributed by atoms with Crippen LogP contribution in [-0.4, -0.2) is 38.9 Å². The number of hydrogen-bond donors (Lipinski definition) is 0. The predicted molar refractivity (Wildman–Crippen MR) is 100 cm³/mol. The number of benzene rings is 2. The maximum atomic E-state index is 12.8. The molecule has 1 aliphatic rings. The molecule has 1 atom stereocenters. The molecule has 0 fully saturated rings. The topological polar surface area (TPSA) is 80.3 Å². The Morgan fingerprint density at radius 1 is 1.07 bits per heavy atom. The van der Waals surface area contributed by atoms with E-state index >= 15 is 0 Å². The number of ether oxygens (including phenoxy) is 5. The summed E-state index contributed by atoms with van der Waals surface area (Å²) in [5, 5.41) is 0. The maximum absolute atomic E-state index is 12.8. The fourth-order valence-electron chi connectivity index (χ4n) is 3.03. The first-order valence-corrected chi connectivity index (χ1v) is 8.81. The van der Waals surface area contributed by atoms with Crippen molar-refractivity contribution < 1.29 is 33.3 Å². The Hall–Kier alpha value is -3.22. The number of Topliss-reactive ketones (excluding diaryl/α,β-unsaturated/α-hetero) is 1. The zero-order valence-electron chi connectivity index (χ0n) is 16.0. The summed E-state index contributed by atoms with van der Waals surface area (Å²) >= 11 is 0. The van der Waals surface area contributed by atoms with Crippen molar-refractivity contribution in [3.05, 3.63) is 47.5 Å². The van der Waals surface area contributed by atoms with Gasteiger partial charge >= 0.3 is 5.97 Å². The van der Waals surface area contributed by atoms with Gasteiger partial charge in [-0.1, -0.05) is 12.1 Å². The lowest BCUT2D eigenvalue weighted by Gasteiger charge is -2.17. The van der Waals surface area contributed by atoms with Gasteiger partial charge in [0, 0.05) is 25.3 Å². The first-order valence-electron chi connectivity index (χ1n) is 8.81. The van der Waals surface area contributed by atoms with Gasteiger partial charge in [-0.05, 0) is 29.8 Å². The zero-order valence-corrected chi connectivity index (χ0v) is 16.0. The van der Waals surface area contributed by atoms with Gasteiger partial charge in [-0.25, -0.2) is 0 Å². The van der Waals surface area contributed by atoms with Crippen molar-refractivity contribution >= 4 is 11.8 Å². The van der Waals surface area contributed by atoms with Gasteiger partial charge in [0.05, 0.1) is 14.2 Å². The summed E-state index contributed by atoms with van der Waals surface area (Å²) in [6, 6.07) is 10.6. The van der Waals surface area contributed by atoms with Crippen molar-refractivity contribution in [3.63, 3.8) is 0 Å². The molecule has 2 aromatic carbocycles. The van der Waals surface area contributed by atoms with Gasteiger partial charge in [0.15, 0.2) is 17.3 Å². The van der Waals surface area contributed by atoms with Gasteiger partial charge in [0.1, 0.15) is 11.9 Å². The molecule has 0 spiro atoms. The van der Waals surface area contributed by atoms with E-state index in [1.54, 1.807) is 19.2 Å². The van der Waals surface area contributed by atoms with E-state index in [0.717, 1.165) is 11.3 Å². The van der Waals surface area contributed by atoms with Crippen molar-refractivity contribution in [3.8, 4) is 23.0 Å². The van der Waals surface area contributed by atoms with E-state index in [1.165, 1.54) is 14.0 Å². The molecule has 7 heteroatoms. The smallest absolute Gasteiger partial charge is 0.302 e. The fraction of sp³-hybridized carbons (Fsp3) is 0.333. The average Bonchev–Trinajstić information content (AvgIpc) is 3.16. The summed E-state index contributed by atoms with van der Waals surface area (Å²) in [4.78, 5) is 24.3. The van der Waals surface area contributed by atoms with E-state index in [4.69, 9.17) is 23.7 Å². The molecule has 2 aromatic rings. The summed E-state index contributed by atoms with van der Waals surface area (Å²) in [5.41, 5.74) is 1.34. The van der Waals surface area contributed by atoms with Crippen molar-refractivity contribution in [2.45, 2.75) is 25.9 Å². The highest BCUT2D eigenvalue weighted by Gasteiger charge is 2.24. The Morgan fingerprint density at radius 3 is 2.46 bits per heavy atom. The van der Waals surface area contributed by atoms with Crippen LogP contribution < -0.4 is 18.9 Å². The van der Waals surface area contributed by atoms with Crippen LogP contribution in [0.25, 0.3) is 0 Å². The minimum atomic E-state index is -0.588. The monoisotopic (exact) mass is 386 g/mol. The predicted octanol–water partition coefficient (Wildman–Crippen LogP) is 3.18. The van der Waals surface area contributed by atoms with Gasteiger partial charge in [-0.3, -0.25) is 9.59 Å². The molecule has 0 saturated heterocycles. The van der Waals surface area contributed by atoms with Gasteiger partial charge in [0.2, 0.25) is 12.5 Å². The van der Waals surface area contributed by atoms with E-state index in [2.05, 4.69) is 0 Å². The maximum Gasteiger partial charge on any atom is 0.302 e. The Morgan fingerprint density at radius 2 is 1.82 bits per heavy atom. The SMILES string of the molecule is COc1ccc(CC(CC(=O)c2cc(OC)c3c(c2)OCO3)OC(C)=O)cc1.